The summed E-state index contributed by atoms with van der Waals surface area (Å²) < 4.78 is 34.3. The highest BCUT2D eigenvalue weighted by molar-refractivity contribution is 5.76. The number of ether oxygens (including phenoxy) is 6. The molecule has 3 rings (SSSR count). The first-order valence-electron chi connectivity index (χ1n) is 32.4. The molecular weight excluding hydrogens is 1050 g/mol. The second kappa shape index (κ2) is 45.8. The van der Waals surface area contributed by atoms with Crippen molar-refractivity contribution in [3.8, 4) is 0 Å². The van der Waals surface area contributed by atoms with Crippen LogP contribution in [0.3, 0.4) is 0 Å². The summed E-state index contributed by atoms with van der Waals surface area (Å²) in [6.45, 7) is 1.75. The van der Waals surface area contributed by atoms with E-state index in [-0.39, 0.29) is 18.9 Å². The van der Waals surface area contributed by atoms with Crippen LogP contribution in [0.2, 0.25) is 0 Å². The van der Waals surface area contributed by atoms with Crippen molar-refractivity contribution in [2.24, 2.45) is 0 Å². The van der Waals surface area contributed by atoms with E-state index in [4.69, 9.17) is 28.4 Å². The molecule has 1 amide bonds. The molecule has 0 aromatic rings. The number of unbranched alkanes of at least 4 members (excludes halogenated alkanes) is 33. The smallest absolute Gasteiger partial charge is 0.220 e. The fourth-order valence-corrected chi connectivity index (χ4v) is 11.3. The number of hydrogen-bond donors (Lipinski definition) is 12. The van der Waals surface area contributed by atoms with Gasteiger partial charge in [0.1, 0.15) is 73.2 Å². The number of rotatable bonds is 49. The standard InChI is InChI=1S/C62H117NO18/c1-3-5-7-9-11-13-15-17-19-21-22-23-24-26-28-30-32-34-36-38-40-50(68)63-45(46(67)39-37-35-33-31-29-27-25-20-18-16-14-12-10-8-6-4-2)44-76-60-56(74)53(71)58(48(42-65)78-60)81-62-57(75)54(72)59(49(43-66)79-62)80-61-55(73)52(70)51(69)47(41-64)77-61/h37,39,45-49,51-62,64-67,69-75H,3-36,38,40-44H2,1-2H3,(H,63,68)/b39-37+. The van der Waals surface area contributed by atoms with Crippen molar-refractivity contribution in [3.05, 3.63) is 12.2 Å². The van der Waals surface area contributed by atoms with Gasteiger partial charge >= 0.3 is 0 Å². The fraction of sp³-hybridized carbons (Fsp3) is 0.952. The molecule has 3 aliphatic rings. The molecule has 478 valence electrons. The van der Waals surface area contributed by atoms with E-state index in [9.17, 15) is 61.0 Å². The van der Waals surface area contributed by atoms with Gasteiger partial charge in [-0.05, 0) is 19.3 Å². The lowest BCUT2D eigenvalue weighted by Crippen LogP contribution is -2.66. The van der Waals surface area contributed by atoms with Gasteiger partial charge in [-0.25, -0.2) is 0 Å². The van der Waals surface area contributed by atoms with Crippen molar-refractivity contribution in [2.45, 2.75) is 349 Å². The van der Waals surface area contributed by atoms with E-state index in [2.05, 4.69) is 19.2 Å². The zero-order chi connectivity index (χ0) is 59.0. The number of allylic oxidation sites excluding steroid dienone is 1. The Labute approximate surface area is 486 Å². The predicted octanol–water partition coefficient (Wildman–Crippen LogP) is 6.94. The van der Waals surface area contributed by atoms with E-state index in [0.29, 0.717) is 6.42 Å². The van der Waals surface area contributed by atoms with Gasteiger partial charge in [0, 0.05) is 6.42 Å². The Hall–Kier alpha value is -1.47. The minimum atomic E-state index is -1.97. The molecule has 19 nitrogen and oxygen atoms in total. The van der Waals surface area contributed by atoms with E-state index in [0.717, 1.165) is 44.9 Å². The summed E-state index contributed by atoms with van der Waals surface area (Å²) >= 11 is 0. The van der Waals surface area contributed by atoms with Crippen molar-refractivity contribution in [3.63, 3.8) is 0 Å². The molecule has 17 unspecified atom stereocenters. The first kappa shape index (κ1) is 73.8. The van der Waals surface area contributed by atoms with Gasteiger partial charge in [-0.2, -0.15) is 0 Å². The molecule has 0 aromatic carbocycles. The molecule has 3 saturated heterocycles. The molecule has 3 aliphatic heterocycles. The Kier molecular flexibility index (Phi) is 41.7. The number of aliphatic hydroxyl groups excluding tert-OH is 11. The minimum absolute atomic E-state index is 0.249. The maximum Gasteiger partial charge on any atom is 0.220 e. The van der Waals surface area contributed by atoms with Gasteiger partial charge in [0.05, 0.1) is 38.6 Å². The van der Waals surface area contributed by atoms with Crippen LogP contribution in [0.4, 0.5) is 0 Å². The normalized spacial score (nSPS) is 29.8. The van der Waals surface area contributed by atoms with Crippen molar-refractivity contribution >= 4 is 5.91 Å². The number of nitrogens with one attached hydrogen (secondary N) is 1. The Morgan fingerprint density at radius 3 is 1.16 bits per heavy atom. The van der Waals surface area contributed by atoms with E-state index in [1.807, 2.05) is 6.08 Å². The third-order valence-corrected chi connectivity index (χ3v) is 16.6. The van der Waals surface area contributed by atoms with Crippen molar-refractivity contribution < 1.29 is 89.4 Å². The monoisotopic (exact) mass is 1160 g/mol. The lowest BCUT2D eigenvalue weighted by Gasteiger charge is -2.48. The van der Waals surface area contributed by atoms with E-state index < -0.39 is 124 Å². The zero-order valence-corrected chi connectivity index (χ0v) is 50.0. The number of carbonyl (C=O) groups excluding carboxylic acids is 1. The van der Waals surface area contributed by atoms with E-state index in [1.54, 1.807) is 6.08 Å². The third-order valence-electron chi connectivity index (χ3n) is 16.6. The van der Waals surface area contributed by atoms with Gasteiger partial charge in [0.2, 0.25) is 5.91 Å². The van der Waals surface area contributed by atoms with E-state index in [1.165, 1.54) is 173 Å². The van der Waals surface area contributed by atoms with Gasteiger partial charge in [-0.15, -0.1) is 0 Å². The fourth-order valence-electron chi connectivity index (χ4n) is 11.3. The maximum absolute atomic E-state index is 13.4. The average molecular weight is 1160 g/mol. The molecule has 3 fully saturated rings. The Balaban J connectivity index is 1.47. The Bertz CT molecular complexity index is 1530. The average Bonchev–Trinajstić information content (AvgIpc) is 3.51. The quantitative estimate of drug-likeness (QED) is 0.0217. The molecule has 0 aliphatic carbocycles. The molecule has 0 aromatic heterocycles. The first-order chi connectivity index (χ1) is 39.3. The summed E-state index contributed by atoms with van der Waals surface area (Å²) in [5.41, 5.74) is 0. The molecule has 3 heterocycles. The van der Waals surface area contributed by atoms with Crippen molar-refractivity contribution in [1.82, 2.24) is 5.32 Å². The van der Waals surface area contributed by atoms with Gasteiger partial charge in [-0.1, -0.05) is 231 Å². The van der Waals surface area contributed by atoms with Crippen LogP contribution < -0.4 is 5.32 Å². The zero-order valence-electron chi connectivity index (χ0n) is 50.0. The molecular formula is C62H117NO18. The third kappa shape index (κ3) is 29.2. The second-order valence-corrected chi connectivity index (χ2v) is 23.6. The predicted molar refractivity (Wildman–Crippen MR) is 310 cm³/mol. The van der Waals surface area contributed by atoms with Crippen LogP contribution in [0.1, 0.15) is 245 Å². The van der Waals surface area contributed by atoms with E-state index >= 15 is 0 Å². The summed E-state index contributed by atoms with van der Waals surface area (Å²) in [6, 6.07) is -0.967. The number of carbonyl (C=O) groups is 1. The molecule has 17 atom stereocenters. The molecule has 81 heavy (non-hydrogen) atoms. The van der Waals surface area contributed by atoms with Crippen LogP contribution in [0, 0.1) is 0 Å². The Morgan fingerprint density at radius 2 is 0.765 bits per heavy atom. The molecule has 0 radical (unpaired) electrons. The number of hydrogen-bond acceptors (Lipinski definition) is 18. The van der Waals surface area contributed by atoms with Crippen LogP contribution in [0.5, 0.6) is 0 Å². The molecule has 12 N–H and O–H groups in total. The molecule has 0 saturated carbocycles. The maximum atomic E-state index is 13.4. The highest BCUT2D eigenvalue weighted by Gasteiger charge is 2.53. The molecule has 0 spiro atoms. The summed E-state index contributed by atoms with van der Waals surface area (Å²) in [5.74, 6) is -0.271. The van der Waals surface area contributed by atoms with Crippen molar-refractivity contribution in [1.29, 1.82) is 0 Å². The molecule has 0 bridgehead atoms. The van der Waals surface area contributed by atoms with Crippen LogP contribution in [0.15, 0.2) is 12.2 Å². The van der Waals surface area contributed by atoms with Crippen LogP contribution in [-0.2, 0) is 33.2 Å². The topological polar surface area (TPSA) is 307 Å². The minimum Gasteiger partial charge on any atom is -0.394 e. The lowest BCUT2D eigenvalue weighted by molar-refractivity contribution is -0.379. The number of aliphatic hydroxyl groups is 11. The lowest BCUT2D eigenvalue weighted by atomic mass is 9.96. The summed E-state index contributed by atoms with van der Waals surface area (Å²) in [4.78, 5) is 13.4. The summed E-state index contributed by atoms with van der Waals surface area (Å²) in [7, 11) is 0. The van der Waals surface area contributed by atoms with Crippen molar-refractivity contribution in [2.75, 3.05) is 26.4 Å². The molecule has 19 heteroatoms. The SMILES string of the molecule is CCCCCCCCCCCCCCCC/C=C/C(O)C(COC1OC(CO)C(OC2OC(CO)C(OC3OC(CO)C(O)C(O)C3O)C(O)C2O)C(O)C1O)NC(=O)CCCCCCCCCCCCCCCCCCCCCC. The highest BCUT2D eigenvalue weighted by atomic mass is 16.8. The first-order valence-corrected chi connectivity index (χ1v) is 32.4. The highest BCUT2D eigenvalue weighted by Crippen LogP contribution is 2.33. The van der Waals surface area contributed by atoms with Crippen LogP contribution >= 0.6 is 0 Å². The summed E-state index contributed by atoms with van der Waals surface area (Å²) in [6.07, 6.45) is 20.4. The van der Waals surface area contributed by atoms with Gasteiger partial charge < -0.3 is 89.9 Å². The van der Waals surface area contributed by atoms with Crippen LogP contribution in [0.25, 0.3) is 0 Å². The van der Waals surface area contributed by atoms with Gasteiger partial charge in [-0.3, -0.25) is 4.79 Å². The Morgan fingerprint density at radius 1 is 0.432 bits per heavy atom. The van der Waals surface area contributed by atoms with Gasteiger partial charge in [0.25, 0.3) is 0 Å². The van der Waals surface area contributed by atoms with Crippen LogP contribution in [-0.4, -0.2) is 193 Å². The number of amides is 1. The summed E-state index contributed by atoms with van der Waals surface area (Å²) in [5, 5.41) is 120. The van der Waals surface area contributed by atoms with Gasteiger partial charge in [0.15, 0.2) is 18.9 Å². The second-order valence-electron chi connectivity index (χ2n) is 23.6. The largest absolute Gasteiger partial charge is 0.394 e.